The second kappa shape index (κ2) is 13.4. The van der Waals surface area contributed by atoms with Crippen LogP contribution in [0.4, 0.5) is 17.2 Å². The summed E-state index contributed by atoms with van der Waals surface area (Å²) >= 11 is 1.59. The minimum atomic E-state index is -0.427. The molecule has 0 bridgehead atoms. The number of carbonyl (C=O) groups is 2. The molecule has 45 heavy (non-hydrogen) atoms. The molecule has 2 aromatic heterocycles. The molecular weight excluding hydrogens is 584 g/mol. The highest BCUT2D eigenvalue weighted by Crippen LogP contribution is 2.32. The van der Waals surface area contributed by atoms with Crippen molar-refractivity contribution in [3.05, 3.63) is 91.5 Å². The van der Waals surface area contributed by atoms with Gasteiger partial charge < -0.3 is 20.1 Å². The number of nitrogens with one attached hydrogen (secondary N) is 2. The molecule has 1 atom stereocenters. The maximum absolute atomic E-state index is 13.2. The van der Waals surface area contributed by atoms with E-state index in [1.165, 1.54) is 27.8 Å². The van der Waals surface area contributed by atoms with Gasteiger partial charge in [-0.2, -0.15) is 0 Å². The highest BCUT2D eigenvalue weighted by molar-refractivity contribution is 7.14. The Morgan fingerprint density at radius 1 is 1.02 bits per heavy atom. The van der Waals surface area contributed by atoms with Gasteiger partial charge in [0.05, 0.1) is 10.6 Å². The lowest BCUT2D eigenvalue weighted by molar-refractivity contribution is -0.134. The van der Waals surface area contributed by atoms with Crippen LogP contribution in [0.5, 0.6) is 0 Å². The normalized spacial score (nSPS) is 13.4. The number of benzene rings is 2. The molecule has 0 saturated heterocycles. The number of anilines is 3. The third kappa shape index (κ3) is 6.87. The highest BCUT2D eigenvalue weighted by Gasteiger charge is 2.28. The van der Waals surface area contributed by atoms with E-state index in [9.17, 15) is 14.4 Å². The van der Waals surface area contributed by atoms with Crippen LogP contribution in [-0.2, 0) is 24.7 Å². The molecule has 2 heterocycles. The summed E-state index contributed by atoms with van der Waals surface area (Å²) in [7, 11) is 7.16. The summed E-state index contributed by atoms with van der Waals surface area (Å²) in [4.78, 5) is 49.8. The number of rotatable bonds is 9. The molecule has 1 aliphatic rings. The monoisotopic (exact) mass is 626 g/mol. The van der Waals surface area contributed by atoms with Gasteiger partial charge in [-0.25, -0.2) is 4.98 Å². The predicted octanol–water partition coefficient (Wildman–Crippen LogP) is 6.16. The van der Waals surface area contributed by atoms with Gasteiger partial charge in [0, 0.05) is 55.2 Å². The number of hydrogen-bond acceptors (Lipinski definition) is 7. The van der Waals surface area contributed by atoms with Crippen molar-refractivity contribution in [1.82, 2.24) is 19.4 Å². The average Bonchev–Trinajstić information content (AvgIpc) is 3.46. The Morgan fingerprint density at radius 2 is 1.73 bits per heavy atom. The molecule has 4 aromatic rings. The lowest BCUT2D eigenvalue weighted by atomic mass is 9.99. The summed E-state index contributed by atoms with van der Waals surface area (Å²) < 4.78 is 1.50. The van der Waals surface area contributed by atoms with Crippen molar-refractivity contribution in [1.29, 1.82) is 0 Å². The van der Waals surface area contributed by atoms with Crippen molar-refractivity contribution in [3.63, 3.8) is 0 Å². The average molecular weight is 627 g/mol. The van der Waals surface area contributed by atoms with Crippen molar-refractivity contribution in [2.75, 3.05) is 31.8 Å². The molecule has 2 amide bonds. The summed E-state index contributed by atoms with van der Waals surface area (Å²) in [5, 5.41) is 6.28. The van der Waals surface area contributed by atoms with Gasteiger partial charge in [0.2, 0.25) is 5.91 Å². The molecule has 2 aromatic carbocycles. The Morgan fingerprint density at radius 3 is 2.40 bits per heavy atom. The fourth-order valence-corrected chi connectivity index (χ4v) is 6.78. The van der Waals surface area contributed by atoms with Gasteiger partial charge in [-0.05, 0) is 94.5 Å². The fourth-order valence-electron chi connectivity index (χ4n) is 5.63. The number of fused-ring (bicyclic) bond motifs is 1. The van der Waals surface area contributed by atoms with Crippen LogP contribution in [0.2, 0.25) is 0 Å². The van der Waals surface area contributed by atoms with E-state index in [0.29, 0.717) is 17.1 Å². The Kier molecular flexibility index (Phi) is 9.55. The second-order valence-corrected chi connectivity index (χ2v) is 13.4. The van der Waals surface area contributed by atoms with Gasteiger partial charge in [0.15, 0.2) is 5.82 Å². The first-order valence-electron chi connectivity index (χ1n) is 15.3. The second-order valence-electron chi connectivity index (χ2n) is 12.2. The molecule has 236 valence electrons. The van der Waals surface area contributed by atoms with Crippen molar-refractivity contribution in [2.24, 2.45) is 7.05 Å². The molecule has 1 aliphatic carbocycles. The summed E-state index contributed by atoms with van der Waals surface area (Å²) in [5.41, 5.74) is 5.56. The van der Waals surface area contributed by atoms with Gasteiger partial charge >= 0.3 is 0 Å². The molecule has 0 saturated carbocycles. The maximum Gasteiger partial charge on any atom is 0.293 e. The van der Waals surface area contributed by atoms with E-state index in [2.05, 4.69) is 24.5 Å². The molecule has 0 aliphatic heterocycles. The lowest BCUT2D eigenvalue weighted by Crippen LogP contribution is -2.41. The Bertz CT molecular complexity index is 1750. The van der Waals surface area contributed by atoms with Crippen molar-refractivity contribution >= 4 is 40.3 Å². The first kappa shape index (κ1) is 32.1. The van der Waals surface area contributed by atoms with Crippen molar-refractivity contribution < 1.29 is 9.59 Å². The fraction of sp³-hybridized carbons (Fsp3) is 0.371. The third-order valence-electron chi connectivity index (χ3n) is 8.54. The molecular formula is C35H42N6O3S. The smallest absolute Gasteiger partial charge is 0.293 e. The number of likely N-dealkylation sites (N-methyl/N-ethyl adjacent to an activating group) is 2. The number of nitrogens with zero attached hydrogens (tertiary/aromatic N) is 4. The standard InChI is InChI=1S/C35H42N6O3S/c1-21(2)41(7)31(34(43)39(4)5)23-15-17-25(18-16-23)36-32-35(44)40(6)20-28(37-32)26-12-10-13-27(22(26)3)38-33(42)30-19-24-11-8-9-14-29(24)45-30/h10,12-13,15-21,31H,8-9,11,14H2,1-7H3,(H,36,37)(H,38,42). The van der Waals surface area contributed by atoms with Crippen LogP contribution in [0.1, 0.15) is 64.0 Å². The molecule has 0 fully saturated rings. The van der Waals surface area contributed by atoms with Crippen LogP contribution >= 0.6 is 11.3 Å². The quantitative estimate of drug-likeness (QED) is 0.231. The summed E-state index contributed by atoms with van der Waals surface area (Å²) in [5.74, 6) is 0.0717. The van der Waals surface area contributed by atoms with Crippen molar-refractivity contribution in [2.45, 2.75) is 58.5 Å². The molecule has 9 nitrogen and oxygen atoms in total. The summed E-state index contributed by atoms with van der Waals surface area (Å²) in [6.45, 7) is 6.06. The zero-order valence-electron chi connectivity index (χ0n) is 27.1. The molecule has 10 heteroatoms. The zero-order valence-corrected chi connectivity index (χ0v) is 27.9. The first-order chi connectivity index (χ1) is 21.4. The number of aromatic nitrogens is 2. The minimum Gasteiger partial charge on any atom is -0.347 e. The van der Waals surface area contributed by atoms with E-state index in [0.717, 1.165) is 34.4 Å². The highest BCUT2D eigenvalue weighted by atomic mass is 32.1. The number of aryl methyl sites for hydroxylation is 3. The molecule has 0 radical (unpaired) electrons. The van der Waals surface area contributed by atoms with Crippen molar-refractivity contribution in [3.8, 4) is 11.3 Å². The Balaban J connectivity index is 1.39. The SMILES string of the molecule is Cc1c(NC(=O)c2cc3c(s2)CCCC3)cccc1-c1cn(C)c(=O)c(Nc2ccc(C(C(=O)N(C)C)N(C)C(C)C)cc2)n1. The van der Waals surface area contributed by atoms with E-state index < -0.39 is 6.04 Å². The zero-order chi connectivity index (χ0) is 32.4. The molecule has 1 unspecified atom stereocenters. The number of carbonyl (C=O) groups excluding carboxylic acids is 2. The first-order valence-corrected chi connectivity index (χ1v) is 16.2. The minimum absolute atomic E-state index is 0.00144. The van der Waals surface area contributed by atoms with E-state index in [1.807, 2.05) is 67.4 Å². The molecule has 0 spiro atoms. The van der Waals surface area contributed by atoms with Crippen LogP contribution in [0.25, 0.3) is 11.3 Å². The van der Waals surface area contributed by atoms with Crippen LogP contribution < -0.4 is 16.2 Å². The summed E-state index contributed by atoms with van der Waals surface area (Å²) in [6.07, 6.45) is 6.15. The number of hydrogen-bond donors (Lipinski definition) is 2. The van der Waals surface area contributed by atoms with Crippen LogP contribution in [0, 0.1) is 6.92 Å². The van der Waals surface area contributed by atoms with Crippen LogP contribution in [-0.4, -0.2) is 58.4 Å². The van der Waals surface area contributed by atoms with E-state index in [1.54, 1.807) is 43.6 Å². The van der Waals surface area contributed by atoms with E-state index in [4.69, 9.17) is 4.98 Å². The van der Waals surface area contributed by atoms with Gasteiger partial charge in [-0.3, -0.25) is 19.3 Å². The van der Waals surface area contributed by atoms with Gasteiger partial charge in [-0.1, -0.05) is 24.3 Å². The largest absolute Gasteiger partial charge is 0.347 e. The van der Waals surface area contributed by atoms with Crippen LogP contribution in [0.15, 0.2) is 59.5 Å². The Hall–Kier alpha value is -4.28. The summed E-state index contributed by atoms with van der Waals surface area (Å²) in [6, 6.07) is 15.0. The molecule has 5 rings (SSSR count). The van der Waals surface area contributed by atoms with Gasteiger partial charge in [0.1, 0.15) is 6.04 Å². The Labute approximate surface area is 268 Å². The van der Waals surface area contributed by atoms with Gasteiger partial charge in [-0.15, -0.1) is 11.3 Å². The topological polar surface area (TPSA) is 99.6 Å². The molecule has 2 N–H and O–H groups in total. The van der Waals surface area contributed by atoms with Gasteiger partial charge in [0.25, 0.3) is 11.5 Å². The number of amides is 2. The predicted molar refractivity (Wildman–Crippen MR) is 183 cm³/mol. The van der Waals surface area contributed by atoms with E-state index in [-0.39, 0.29) is 29.2 Å². The van der Waals surface area contributed by atoms with Crippen LogP contribution in [0.3, 0.4) is 0 Å². The lowest BCUT2D eigenvalue weighted by Gasteiger charge is -2.32. The van der Waals surface area contributed by atoms with E-state index >= 15 is 0 Å². The number of thiophene rings is 1. The third-order valence-corrected chi connectivity index (χ3v) is 9.77. The maximum atomic E-state index is 13.2.